The fourth-order valence-corrected chi connectivity index (χ4v) is 1.69. The average Bonchev–Trinajstić information content (AvgIpc) is 2.27. The molecule has 0 saturated carbocycles. The molecule has 0 heterocycles. The van der Waals surface area contributed by atoms with Gasteiger partial charge in [-0.1, -0.05) is 20.8 Å². The molecule has 0 spiro atoms. The van der Waals surface area contributed by atoms with Crippen molar-refractivity contribution < 1.29 is 9.53 Å². The Bertz CT molecular complexity index is 433. The molecule has 0 aliphatic carbocycles. The summed E-state index contributed by atoms with van der Waals surface area (Å²) in [6.07, 6.45) is 0.372. The number of carbonyl (C=O) groups is 1. The summed E-state index contributed by atoms with van der Waals surface area (Å²) in [5.41, 5.74) is 7.65. The van der Waals surface area contributed by atoms with E-state index in [1.54, 1.807) is 7.11 Å². The molecule has 100 valence electrons. The standard InChI is InChI=1S/C15H23NO2/c1-10-8-11(18-5)6-7-12(10)13(17)9-14(16)15(2,3)4/h6-8,14H,9,16H2,1-5H3. The van der Waals surface area contributed by atoms with Gasteiger partial charge in [0, 0.05) is 18.0 Å². The van der Waals surface area contributed by atoms with Crippen LogP contribution in [0.5, 0.6) is 5.75 Å². The van der Waals surface area contributed by atoms with Crippen molar-refractivity contribution in [2.24, 2.45) is 11.1 Å². The monoisotopic (exact) mass is 249 g/mol. The molecule has 0 amide bonds. The van der Waals surface area contributed by atoms with E-state index in [0.717, 1.165) is 16.9 Å². The summed E-state index contributed by atoms with van der Waals surface area (Å²) in [7, 11) is 1.62. The van der Waals surface area contributed by atoms with Crippen LogP contribution in [-0.2, 0) is 0 Å². The highest BCUT2D eigenvalue weighted by atomic mass is 16.5. The first-order valence-electron chi connectivity index (χ1n) is 6.19. The predicted octanol–water partition coefficient (Wildman–Crippen LogP) is 2.95. The van der Waals surface area contributed by atoms with Crippen molar-refractivity contribution in [3.05, 3.63) is 29.3 Å². The molecule has 0 aliphatic heterocycles. The SMILES string of the molecule is COc1ccc(C(=O)CC(N)C(C)(C)C)c(C)c1. The molecule has 3 nitrogen and oxygen atoms in total. The van der Waals surface area contributed by atoms with Gasteiger partial charge in [0.25, 0.3) is 0 Å². The fraction of sp³-hybridized carbons (Fsp3) is 0.533. The second kappa shape index (κ2) is 5.53. The minimum atomic E-state index is -0.133. The Morgan fingerprint density at radius 1 is 1.39 bits per heavy atom. The first kappa shape index (κ1) is 14.7. The number of nitrogens with two attached hydrogens (primary N) is 1. The van der Waals surface area contributed by atoms with Crippen molar-refractivity contribution in [2.75, 3.05) is 7.11 Å². The normalized spacial score (nSPS) is 13.2. The summed E-state index contributed by atoms with van der Waals surface area (Å²) < 4.78 is 5.13. The van der Waals surface area contributed by atoms with Crippen molar-refractivity contribution in [2.45, 2.75) is 40.2 Å². The molecule has 0 aliphatic rings. The molecule has 1 rings (SSSR count). The third-order valence-corrected chi connectivity index (χ3v) is 3.25. The van der Waals surface area contributed by atoms with Gasteiger partial charge in [0.2, 0.25) is 0 Å². The number of rotatable bonds is 4. The molecule has 0 aromatic heterocycles. The lowest BCUT2D eigenvalue weighted by Gasteiger charge is -2.26. The summed E-state index contributed by atoms with van der Waals surface area (Å²) >= 11 is 0. The maximum absolute atomic E-state index is 12.2. The number of aryl methyl sites for hydroxylation is 1. The lowest BCUT2D eigenvalue weighted by atomic mass is 9.83. The fourth-order valence-electron chi connectivity index (χ4n) is 1.69. The summed E-state index contributed by atoms with van der Waals surface area (Å²) in [5, 5.41) is 0. The molecule has 0 fully saturated rings. The maximum atomic E-state index is 12.2. The number of hydrogen-bond donors (Lipinski definition) is 1. The topological polar surface area (TPSA) is 52.3 Å². The molecule has 1 aromatic carbocycles. The largest absolute Gasteiger partial charge is 0.497 e. The molecule has 3 heteroatoms. The zero-order valence-electron chi connectivity index (χ0n) is 11.9. The van der Waals surface area contributed by atoms with Crippen LogP contribution in [0.4, 0.5) is 0 Å². The number of benzene rings is 1. The molecule has 0 radical (unpaired) electrons. The average molecular weight is 249 g/mol. The summed E-state index contributed by atoms with van der Waals surface area (Å²) in [6.45, 7) is 8.06. The minimum absolute atomic E-state index is 0.0595. The van der Waals surface area contributed by atoms with Crippen LogP contribution >= 0.6 is 0 Å². The molecular formula is C15H23NO2. The van der Waals surface area contributed by atoms with E-state index in [4.69, 9.17) is 10.5 Å². The van der Waals surface area contributed by atoms with Gasteiger partial charge in [0.15, 0.2) is 5.78 Å². The van der Waals surface area contributed by atoms with Crippen LogP contribution in [0.15, 0.2) is 18.2 Å². The number of Topliss-reactive ketones (excluding diaryl/α,β-unsaturated/α-hetero) is 1. The van der Waals surface area contributed by atoms with E-state index in [1.807, 2.05) is 45.9 Å². The highest BCUT2D eigenvalue weighted by molar-refractivity contribution is 5.98. The molecular weight excluding hydrogens is 226 g/mol. The van der Waals surface area contributed by atoms with Gasteiger partial charge < -0.3 is 10.5 Å². The zero-order chi connectivity index (χ0) is 13.9. The third-order valence-electron chi connectivity index (χ3n) is 3.25. The Morgan fingerprint density at radius 2 is 2.00 bits per heavy atom. The quantitative estimate of drug-likeness (QED) is 0.835. The minimum Gasteiger partial charge on any atom is -0.497 e. The van der Waals surface area contributed by atoms with Crippen LogP contribution in [0.1, 0.15) is 43.1 Å². The van der Waals surface area contributed by atoms with E-state index in [2.05, 4.69) is 0 Å². The second-order valence-electron chi connectivity index (χ2n) is 5.78. The number of hydrogen-bond acceptors (Lipinski definition) is 3. The van der Waals surface area contributed by atoms with Crippen LogP contribution in [0.25, 0.3) is 0 Å². The van der Waals surface area contributed by atoms with Crippen LogP contribution in [0.3, 0.4) is 0 Å². The van der Waals surface area contributed by atoms with Gasteiger partial charge in [0.05, 0.1) is 7.11 Å². The smallest absolute Gasteiger partial charge is 0.164 e. The number of methoxy groups -OCH3 is 1. The van der Waals surface area contributed by atoms with Gasteiger partial charge in [-0.2, -0.15) is 0 Å². The van der Waals surface area contributed by atoms with Crippen molar-refractivity contribution >= 4 is 5.78 Å². The van der Waals surface area contributed by atoms with E-state index in [9.17, 15) is 4.79 Å². The lowest BCUT2D eigenvalue weighted by molar-refractivity contribution is 0.0952. The zero-order valence-corrected chi connectivity index (χ0v) is 11.9. The van der Waals surface area contributed by atoms with Gasteiger partial charge in [-0.3, -0.25) is 4.79 Å². The molecule has 0 saturated heterocycles. The van der Waals surface area contributed by atoms with Crippen LogP contribution in [0.2, 0.25) is 0 Å². The van der Waals surface area contributed by atoms with E-state index >= 15 is 0 Å². The number of carbonyl (C=O) groups excluding carboxylic acids is 1. The summed E-state index contributed by atoms with van der Waals surface area (Å²) in [6, 6.07) is 5.36. The number of ether oxygens (including phenoxy) is 1. The summed E-state index contributed by atoms with van der Waals surface area (Å²) in [4.78, 5) is 12.2. The molecule has 18 heavy (non-hydrogen) atoms. The van der Waals surface area contributed by atoms with Gasteiger partial charge >= 0.3 is 0 Å². The van der Waals surface area contributed by atoms with Crippen molar-refractivity contribution in [3.63, 3.8) is 0 Å². The van der Waals surface area contributed by atoms with Crippen molar-refractivity contribution in [3.8, 4) is 5.75 Å². The predicted molar refractivity (Wildman–Crippen MR) is 74.1 cm³/mol. The Hall–Kier alpha value is -1.35. The number of ketones is 1. The molecule has 1 unspecified atom stereocenters. The van der Waals surface area contributed by atoms with E-state index < -0.39 is 0 Å². The molecule has 1 aromatic rings. The van der Waals surface area contributed by atoms with Crippen molar-refractivity contribution in [1.29, 1.82) is 0 Å². The van der Waals surface area contributed by atoms with Gasteiger partial charge in [0.1, 0.15) is 5.75 Å². The van der Waals surface area contributed by atoms with Gasteiger partial charge in [-0.15, -0.1) is 0 Å². The maximum Gasteiger partial charge on any atom is 0.164 e. The highest BCUT2D eigenvalue weighted by Crippen LogP contribution is 2.23. The van der Waals surface area contributed by atoms with Crippen molar-refractivity contribution in [1.82, 2.24) is 0 Å². The van der Waals surface area contributed by atoms with Gasteiger partial charge in [-0.25, -0.2) is 0 Å². The third kappa shape index (κ3) is 3.57. The molecule has 1 atom stereocenters. The molecule has 0 bridgehead atoms. The van der Waals surface area contributed by atoms with E-state index in [0.29, 0.717) is 6.42 Å². The van der Waals surface area contributed by atoms with Crippen LogP contribution < -0.4 is 10.5 Å². The Morgan fingerprint density at radius 3 is 2.44 bits per heavy atom. The lowest BCUT2D eigenvalue weighted by Crippen LogP contribution is -2.37. The Labute approximate surface area is 109 Å². The molecule has 2 N–H and O–H groups in total. The highest BCUT2D eigenvalue weighted by Gasteiger charge is 2.24. The summed E-state index contributed by atoms with van der Waals surface area (Å²) in [5.74, 6) is 0.863. The first-order valence-corrected chi connectivity index (χ1v) is 6.19. The second-order valence-corrected chi connectivity index (χ2v) is 5.78. The van der Waals surface area contributed by atoms with Crippen LogP contribution in [-0.4, -0.2) is 18.9 Å². The van der Waals surface area contributed by atoms with E-state index in [-0.39, 0.29) is 17.2 Å². The Balaban J connectivity index is 2.85. The Kier molecular flexibility index (Phi) is 4.52. The van der Waals surface area contributed by atoms with Crippen LogP contribution in [0, 0.1) is 12.3 Å². The van der Waals surface area contributed by atoms with Gasteiger partial charge in [-0.05, 0) is 36.1 Å². The van der Waals surface area contributed by atoms with E-state index in [1.165, 1.54) is 0 Å². The first-order chi connectivity index (χ1) is 8.25.